The van der Waals surface area contributed by atoms with E-state index in [0.29, 0.717) is 0 Å². The molecule has 0 aliphatic carbocycles. The molecule has 3 aromatic rings. The van der Waals surface area contributed by atoms with Crippen LogP contribution in [-0.4, -0.2) is 27.5 Å². The molecular weight excluding hydrogens is 460 g/mol. The molecule has 1 amide bonds. The van der Waals surface area contributed by atoms with E-state index >= 15 is 0 Å². The van der Waals surface area contributed by atoms with E-state index in [0.717, 1.165) is 27.8 Å². The zero-order chi connectivity index (χ0) is 25.8. The van der Waals surface area contributed by atoms with Gasteiger partial charge in [0.15, 0.2) is 0 Å². The van der Waals surface area contributed by atoms with Crippen molar-refractivity contribution in [3.63, 3.8) is 0 Å². The van der Waals surface area contributed by atoms with E-state index in [-0.39, 0.29) is 23.1 Å². The van der Waals surface area contributed by atoms with Crippen molar-refractivity contribution in [3.05, 3.63) is 94.0 Å². The molecule has 2 atom stereocenters. The maximum Gasteiger partial charge on any atom is 0.244 e. The average molecular weight is 495 g/mol. The number of ether oxygens (including phenoxy) is 1. The standard InChI is InChI=1S/C28H34N2O4S/c1-18-12-13-26(34-6)27(14-18)35(32,33)30-25(17-23-10-8-7-9-11-23)28(31)29-22(5)24-16-20(3)19(2)15-21(24)4/h7-16,22,25,30H,17H2,1-6H3,(H,29,31)/t22-,25-/m0/s1. The summed E-state index contributed by atoms with van der Waals surface area (Å²) in [5.74, 6) is -0.171. The van der Waals surface area contributed by atoms with Gasteiger partial charge < -0.3 is 10.1 Å². The molecule has 35 heavy (non-hydrogen) atoms. The summed E-state index contributed by atoms with van der Waals surface area (Å²) in [6.45, 7) is 9.82. The monoisotopic (exact) mass is 494 g/mol. The van der Waals surface area contributed by atoms with Gasteiger partial charge in [0.1, 0.15) is 16.7 Å². The summed E-state index contributed by atoms with van der Waals surface area (Å²) in [6.07, 6.45) is 0.207. The lowest BCUT2D eigenvalue weighted by molar-refractivity contribution is -0.123. The van der Waals surface area contributed by atoms with Crippen LogP contribution in [0.3, 0.4) is 0 Å². The first-order chi connectivity index (χ1) is 16.5. The second kappa shape index (κ2) is 11.1. The number of benzene rings is 3. The molecule has 7 heteroatoms. The fourth-order valence-corrected chi connectivity index (χ4v) is 5.57. The molecule has 0 aliphatic heterocycles. The molecule has 2 N–H and O–H groups in total. The van der Waals surface area contributed by atoms with Crippen molar-refractivity contribution >= 4 is 15.9 Å². The van der Waals surface area contributed by atoms with E-state index in [1.54, 1.807) is 25.1 Å². The van der Waals surface area contributed by atoms with Gasteiger partial charge in [0.25, 0.3) is 0 Å². The van der Waals surface area contributed by atoms with Crippen LogP contribution in [0.5, 0.6) is 5.75 Å². The second-order valence-corrected chi connectivity index (χ2v) is 10.7. The molecule has 0 saturated heterocycles. The Kier molecular flexibility index (Phi) is 8.35. The van der Waals surface area contributed by atoms with E-state index in [1.165, 1.54) is 12.7 Å². The predicted molar refractivity (Wildman–Crippen MR) is 139 cm³/mol. The van der Waals surface area contributed by atoms with Crippen LogP contribution in [0.25, 0.3) is 0 Å². The van der Waals surface area contributed by atoms with Crippen molar-refractivity contribution in [1.29, 1.82) is 0 Å². The molecule has 0 fully saturated rings. The Morgan fingerprint density at radius 2 is 1.57 bits per heavy atom. The molecule has 6 nitrogen and oxygen atoms in total. The third kappa shape index (κ3) is 6.50. The highest BCUT2D eigenvalue weighted by Gasteiger charge is 2.29. The smallest absolute Gasteiger partial charge is 0.244 e. The fourth-order valence-electron chi connectivity index (χ4n) is 4.12. The van der Waals surface area contributed by atoms with Crippen molar-refractivity contribution in [2.24, 2.45) is 0 Å². The van der Waals surface area contributed by atoms with Crippen LogP contribution in [0.4, 0.5) is 0 Å². The molecule has 0 aromatic heterocycles. The number of carbonyl (C=O) groups excluding carboxylic acids is 1. The van der Waals surface area contributed by atoms with E-state index < -0.39 is 22.0 Å². The topological polar surface area (TPSA) is 84.5 Å². The first-order valence-electron chi connectivity index (χ1n) is 11.6. The van der Waals surface area contributed by atoms with Gasteiger partial charge in [-0.2, -0.15) is 4.72 Å². The van der Waals surface area contributed by atoms with Crippen LogP contribution in [0, 0.1) is 27.7 Å². The summed E-state index contributed by atoms with van der Waals surface area (Å²) >= 11 is 0. The Bertz CT molecular complexity index is 1300. The summed E-state index contributed by atoms with van der Waals surface area (Å²) in [4.78, 5) is 13.5. The first-order valence-corrected chi connectivity index (χ1v) is 13.1. The minimum Gasteiger partial charge on any atom is -0.495 e. The van der Waals surface area contributed by atoms with Crippen molar-refractivity contribution in [3.8, 4) is 5.75 Å². The third-order valence-corrected chi connectivity index (χ3v) is 7.71. The largest absolute Gasteiger partial charge is 0.495 e. The Balaban J connectivity index is 1.92. The number of sulfonamides is 1. The number of methoxy groups -OCH3 is 1. The van der Waals surface area contributed by atoms with Gasteiger partial charge in [0.05, 0.1) is 13.2 Å². The highest BCUT2D eigenvalue weighted by atomic mass is 32.2. The normalized spacial score (nSPS) is 13.2. The molecule has 0 saturated carbocycles. The molecule has 3 rings (SSSR count). The van der Waals surface area contributed by atoms with Gasteiger partial charge in [0, 0.05) is 0 Å². The predicted octanol–water partition coefficient (Wildman–Crippen LogP) is 4.70. The number of amides is 1. The number of rotatable bonds is 9. The van der Waals surface area contributed by atoms with Crippen LogP contribution >= 0.6 is 0 Å². The summed E-state index contributed by atoms with van der Waals surface area (Å²) in [7, 11) is -2.62. The molecule has 186 valence electrons. The van der Waals surface area contributed by atoms with Gasteiger partial charge in [-0.25, -0.2) is 8.42 Å². The quantitative estimate of drug-likeness (QED) is 0.452. The van der Waals surface area contributed by atoms with Crippen LogP contribution in [-0.2, 0) is 21.2 Å². The van der Waals surface area contributed by atoms with E-state index in [4.69, 9.17) is 4.74 Å². The number of hydrogen-bond acceptors (Lipinski definition) is 4. The van der Waals surface area contributed by atoms with Gasteiger partial charge in [0.2, 0.25) is 15.9 Å². The lowest BCUT2D eigenvalue weighted by Gasteiger charge is -2.23. The summed E-state index contributed by atoms with van der Waals surface area (Å²) in [5, 5.41) is 3.02. The minimum atomic E-state index is -4.05. The van der Waals surface area contributed by atoms with Gasteiger partial charge in [-0.05, 0) is 86.6 Å². The van der Waals surface area contributed by atoms with Crippen molar-refractivity contribution in [2.45, 2.75) is 58.0 Å². The number of aryl methyl sites for hydroxylation is 4. The SMILES string of the molecule is COc1ccc(C)cc1S(=O)(=O)N[C@@H](Cc1ccccc1)C(=O)N[C@@H](C)c1cc(C)c(C)cc1C. The maximum atomic E-state index is 13.5. The molecular formula is C28H34N2O4S. The highest BCUT2D eigenvalue weighted by molar-refractivity contribution is 7.89. The number of nitrogens with one attached hydrogen (secondary N) is 2. The summed E-state index contributed by atoms with van der Waals surface area (Å²) in [5.41, 5.74) is 6.02. The number of carbonyl (C=O) groups is 1. The Morgan fingerprint density at radius 3 is 2.23 bits per heavy atom. The summed E-state index contributed by atoms with van der Waals surface area (Å²) < 4.78 is 34.7. The van der Waals surface area contributed by atoms with Crippen molar-refractivity contribution < 1.29 is 17.9 Å². The molecule has 0 bridgehead atoms. The zero-order valence-electron chi connectivity index (χ0n) is 21.2. The Labute approximate surface area is 208 Å². The lowest BCUT2D eigenvalue weighted by Crippen LogP contribution is -2.48. The fraction of sp³-hybridized carbons (Fsp3) is 0.321. The van der Waals surface area contributed by atoms with Gasteiger partial charge in [-0.15, -0.1) is 0 Å². The van der Waals surface area contributed by atoms with E-state index in [1.807, 2.05) is 51.1 Å². The van der Waals surface area contributed by atoms with E-state index in [2.05, 4.69) is 29.1 Å². The summed E-state index contributed by atoms with van der Waals surface area (Å²) in [6, 6.07) is 17.2. The molecule has 0 radical (unpaired) electrons. The molecule has 3 aromatic carbocycles. The Morgan fingerprint density at radius 1 is 0.914 bits per heavy atom. The molecule has 0 spiro atoms. The van der Waals surface area contributed by atoms with Crippen LogP contribution in [0.2, 0.25) is 0 Å². The van der Waals surface area contributed by atoms with Gasteiger partial charge in [-0.3, -0.25) is 4.79 Å². The van der Waals surface area contributed by atoms with E-state index in [9.17, 15) is 13.2 Å². The lowest BCUT2D eigenvalue weighted by atomic mass is 9.96. The van der Waals surface area contributed by atoms with Crippen molar-refractivity contribution in [2.75, 3.05) is 7.11 Å². The number of hydrogen-bond donors (Lipinski definition) is 2. The van der Waals surface area contributed by atoms with Gasteiger partial charge >= 0.3 is 0 Å². The minimum absolute atomic E-state index is 0.00362. The molecule has 0 heterocycles. The highest BCUT2D eigenvalue weighted by Crippen LogP contribution is 2.26. The van der Waals surface area contributed by atoms with Crippen molar-refractivity contribution in [1.82, 2.24) is 10.0 Å². The zero-order valence-corrected chi connectivity index (χ0v) is 22.0. The second-order valence-electron chi connectivity index (χ2n) is 9.04. The van der Waals surface area contributed by atoms with Gasteiger partial charge in [-0.1, -0.05) is 48.5 Å². The van der Waals surface area contributed by atoms with Crippen LogP contribution < -0.4 is 14.8 Å². The Hall–Kier alpha value is -3.16. The molecule has 0 aliphatic rings. The van der Waals surface area contributed by atoms with Crippen LogP contribution in [0.15, 0.2) is 65.6 Å². The molecule has 0 unspecified atom stereocenters. The van der Waals surface area contributed by atoms with Crippen LogP contribution in [0.1, 0.15) is 46.3 Å². The first kappa shape index (κ1) is 26.4. The maximum absolute atomic E-state index is 13.5. The third-order valence-electron chi connectivity index (χ3n) is 6.21. The average Bonchev–Trinajstić information content (AvgIpc) is 2.81.